The minimum atomic E-state index is -0.383. The van der Waals surface area contributed by atoms with E-state index in [9.17, 15) is 14.4 Å². The summed E-state index contributed by atoms with van der Waals surface area (Å²) in [5.74, 6) is 0.103. The lowest BCUT2D eigenvalue weighted by Gasteiger charge is -2.28. The molecule has 184 valence electrons. The number of hydrogen-bond acceptors (Lipinski definition) is 7. The number of nitrogens with zero attached hydrogens (tertiary/aromatic N) is 2. The number of rotatable bonds is 10. The Hall–Kier alpha value is -4.14. The monoisotopic (exact) mass is 476 g/mol. The summed E-state index contributed by atoms with van der Waals surface area (Å²) in [5.41, 5.74) is 8.41. The first-order valence-corrected chi connectivity index (χ1v) is 11.7. The van der Waals surface area contributed by atoms with Gasteiger partial charge in [-0.2, -0.15) is 0 Å². The minimum Gasteiger partial charge on any atom is -0.404 e. The molecule has 0 radical (unpaired) electrons. The van der Waals surface area contributed by atoms with Crippen molar-refractivity contribution in [2.75, 3.05) is 36.4 Å². The van der Waals surface area contributed by atoms with Crippen LogP contribution in [0.2, 0.25) is 0 Å². The van der Waals surface area contributed by atoms with Crippen LogP contribution in [0.5, 0.6) is 0 Å². The molecule has 1 fully saturated rings. The first-order valence-electron chi connectivity index (χ1n) is 11.7. The predicted molar refractivity (Wildman–Crippen MR) is 138 cm³/mol. The molecule has 35 heavy (non-hydrogen) atoms. The van der Waals surface area contributed by atoms with Crippen LogP contribution in [0, 0.1) is 0 Å². The van der Waals surface area contributed by atoms with Gasteiger partial charge >= 0.3 is 0 Å². The SMILES string of the molecule is CC(=O)NCCNc1cccc(C(/C=C(\C=O)NC(=O)c2ccc(N3CCCCC3)cc2)=C/N)n1. The average Bonchev–Trinajstić information content (AvgIpc) is 2.89. The van der Waals surface area contributed by atoms with Crippen molar-refractivity contribution in [2.24, 2.45) is 5.73 Å². The Labute approximate surface area is 205 Å². The fourth-order valence-corrected chi connectivity index (χ4v) is 3.78. The highest BCUT2D eigenvalue weighted by atomic mass is 16.2. The quantitative estimate of drug-likeness (QED) is 0.179. The number of allylic oxidation sites excluding steroid dienone is 3. The molecule has 1 aromatic heterocycles. The number of carbonyl (C=O) groups excluding carboxylic acids is 3. The number of anilines is 2. The summed E-state index contributed by atoms with van der Waals surface area (Å²) in [4.78, 5) is 42.2. The molecule has 1 aromatic carbocycles. The van der Waals surface area contributed by atoms with Crippen molar-refractivity contribution < 1.29 is 14.4 Å². The summed E-state index contributed by atoms with van der Waals surface area (Å²) in [5, 5.41) is 8.45. The highest BCUT2D eigenvalue weighted by Crippen LogP contribution is 2.20. The van der Waals surface area contributed by atoms with Crippen LogP contribution in [0.25, 0.3) is 5.57 Å². The number of hydrogen-bond donors (Lipinski definition) is 4. The number of aldehydes is 1. The third kappa shape index (κ3) is 7.70. The normalized spacial score (nSPS) is 14.3. The number of piperidine rings is 1. The van der Waals surface area contributed by atoms with Crippen LogP contribution in [0.3, 0.4) is 0 Å². The molecule has 0 saturated carbocycles. The van der Waals surface area contributed by atoms with E-state index in [1.807, 2.05) is 12.1 Å². The summed E-state index contributed by atoms with van der Waals surface area (Å²) in [6.07, 6.45) is 6.99. The summed E-state index contributed by atoms with van der Waals surface area (Å²) in [7, 11) is 0. The van der Waals surface area contributed by atoms with Crippen molar-refractivity contribution >= 4 is 35.2 Å². The molecule has 1 aliphatic heterocycles. The number of pyridine rings is 1. The molecule has 1 saturated heterocycles. The highest BCUT2D eigenvalue weighted by Gasteiger charge is 2.13. The van der Waals surface area contributed by atoms with Gasteiger partial charge in [-0.15, -0.1) is 0 Å². The molecule has 9 heteroatoms. The number of benzene rings is 1. The van der Waals surface area contributed by atoms with Crippen LogP contribution in [0.15, 0.2) is 60.4 Å². The summed E-state index contributed by atoms with van der Waals surface area (Å²) < 4.78 is 0. The van der Waals surface area contributed by atoms with Crippen LogP contribution >= 0.6 is 0 Å². The molecule has 2 heterocycles. The van der Waals surface area contributed by atoms with Crippen molar-refractivity contribution in [3.05, 3.63) is 71.7 Å². The molecule has 0 aliphatic carbocycles. The Bertz CT molecular complexity index is 1090. The van der Waals surface area contributed by atoms with Gasteiger partial charge in [-0.3, -0.25) is 14.4 Å². The summed E-state index contributed by atoms with van der Waals surface area (Å²) in [6, 6.07) is 12.7. The molecule has 2 amide bonds. The van der Waals surface area contributed by atoms with E-state index < -0.39 is 0 Å². The maximum atomic E-state index is 12.7. The average molecular weight is 477 g/mol. The van der Waals surface area contributed by atoms with E-state index in [0.29, 0.717) is 42.0 Å². The van der Waals surface area contributed by atoms with Crippen molar-refractivity contribution in [3.63, 3.8) is 0 Å². The minimum absolute atomic E-state index is 0.0672. The number of nitrogens with two attached hydrogens (primary N) is 1. The molecular formula is C26H32N6O3. The van der Waals surface area contributed by atoms with E-state index in [0.717, 1.165) is 18.8 Å². The first-order chi connectivity index (χ1) is 17.0. The van der Waals surface area contributed by atoms with E-state index in [2.05, 4.69) is 25.8 Å². The Morgan fingerprint density at radius 2 is 1.80 bits per heavy atom. The van der Waals surface area contributed by atoms with Gasteiger partial charge in [0.2, 0.25) is 5.91 Å². The number of amides is 2. The fraction of sp³-hybridized carbons (Fsp3) is 0.308. The zero-order valence-corrected chi connectivity index (χ0v) is 19.9. The van der Waals surface area contributed by atoms with Crippen molar-refractivity contribution in [1.29, 1.82) is 0 Å². The second-order valence-corrected chi connectivity index (χ2v) is 8.21. The van der Waals surface area contributed by atoms with Crippen LogP contribution in [0.1, 0.15) is 42.2 Å². The van der Waals surface area contributed by atoms with Gasteiger partial charge in [0.1, 0.15) is 5.82 Å². The molecular weight excluding hydrogens is 444 g/mol. The number of aromatic nitrogens is 1. The smallest absolute Gasteiger partial charge is 0.255 e. The van der Waals surface area contributed by atoms with Crippen LogP contribution in [-0.4, -0.2) is 49.3 Å². The van der Waals surface area contributed by atoms with Gasteiger partial charge in [-0.25, -0.2) is 4.98 Å². The van der Waals surface area contributed by atoms with Crippen molar-refractivity contribution in [1.82, 2.24) is 15.6 Å². The van der Waals surface area contributed by atoms with Crippen molar-refractivity contribution in [3.8, 4) is 0 Å². The van der Waals surface area contributed by atoms with Gasteiger partial charge < -0.3 is 26.6 Å². The Morgan fingerprint density at radius 3 is 2.46 bits per heavy atom. The molecule has 1 aliphatic rings. The van der Waals surface area contributed by atoms with Crippen LogP contribution in [-0.2, 0) is 9.59 Å². The molecule has 0 unspecified atom stereocenters. The van der Waals surface area contributed by atoms with E-state index in [4.69, 9.17) is 5.73 Å². The lowest BCUT2D eigenvalue weighted by atomic mass is 10.1. The zero-order valence-electron chi connectivity index (χ0n) is 19.9. The van der Waals surface area contributed by atoms with Gasteiger partial charge in [-0.1, -0.05) is 6.07 Å². The lowest BCUT2D eigenvalue weighted by molar-refractivity contribution is -0.118. The van der Waals surface area contributed by atoms with Gasteiger partial charge in [0.15, 0.2) is 6.29 Å². The Balaban J connectivity index is 1.65. The zero-order chi connectivity index (χ0) is 25.0. The topological polar surface area (TPSA) is 129 Å². The third-order valence-corrected chi connectivity index (χ3v) is 5.58. The molecule has 3 rings (SSSR count). The van der Waals surface area contributed by atoms with E-state index in [-0.39, 0.29) is 17.5 Å². The van der Waals surface area contributed by atoms with E-state index in [1.54, 1.807) is 30.3 Å². The molecule has 0 atom stereocenters. The van der Waals surface area contributed by atoms with Gasteiger partial charge in [0, 0.05) is 56.1 Å². The molecule has 2 aromatic rings. The lowest BCUT2D eigenvalue weighted by Crippen LogP contribution is -2.29. The predicted octanol–water partition coefficient (Wildman–Crippen LogP) is 2.43. The maximum Gasteiger partial charge on any atom is 0.255 e. The largest absolute Gasteiger partial charge is 0.404 e. The second-order valence-electron chi connectivity index (χ2n) is 8.21. The van der Waals surface area contributed by atoms with Crippen LogP contribution in [0.4, 0.5) is 11.5 Å². The van der Waals surface area contributed by atoms with Crippen molar-refractivity contribution in [2.45, 2.75) is 26.2 Å². The highest BCUT2D eigenvalue weighted by molar-refractivity contribution is 5.99. The fourth-order valence-electron chi connectivity index (χ4n) is 3.78. The second kappa shape index (κ2) is 12.9. The van der Waals surface area contributed by atoms with Crippen LogP contribution < -0.4 is 26.6 Å². The van der Waals surface area contributed by atoms with E-state index >= 15 is 0 Å². The Kier molecular flexibility index (Phi) is 9.41. The molecule has 9 nitrogen and oxygen atoms in total. The molecule has 5 N–H and O–H groups in total. The van der Waals surface area contributed by atoms with Gasteiger partial charge in [0.25, 0.3) is 5.91 Å². The van der Waals surface area contributed by atoms with Gasteiger partial charge in [0.05, 0.1) is 11.4 Å². The molecule has 0 bridgehead atoms. The maximum absolute atomic E-state index is 12.7. The Morgan fingerprint density at radius 1 is 1.06 bits per heavy atom. The standard InChI is InChI=1S/C26H32N6O3/c1-19(34)28-12-13-29-25-7-5-6-24(31-25)21(17-27)16-22(18-33)30-26(35)20-8-10-23(11-9-20)32-14-3-2-4-15-32/h5-11,16-18H,2-4,12-15,27H2,1H3,(H,28,34)(H,29,31)(H,30,35)/b21-17+,22-16+. The van der Waals surface area contributed by atoms with Gasteiger partial charge in [-0.05, 0) is 61.7 Å². The summed E-state index contributed by atoms with van der Waals surface area (Å²) in [6.45, 7) is 4.47. The number of carbonyl (C=O) groups is 3. The molecule has 0 spiro atoms. The summed E-state index contributed by atoms with van der Waals surface area (Å²) >= 11 is 0. The first kappa shape index (κ1) is 25.5. The number of nitrogens with one attached hydrogen (secondary N) is 3. The third-order valence-electron chi connectivity index (χ3n) is 5.58. The van der Waals surface area contributed by atoms with E-state index in [1.165, 1.54) is 38.5 Å².